The summed E-state index contributed by atoms with van der Waals surface area (Å²) >= 11 is 0. The van der Waals surface area contributed by atoms with E-state index in [4.69, 9.17) is 13.3 Å². The average Bonchev–Trinajstić information content (AvgIpc) is 4.05. The number of hydrogen-bond donors (Lipinski definition) is 0. The van der Waals surface area contributed by atoms with Gasteiger partial charge in [-0.2, -0.15) is 0 Å². The molecule has 4 heteroatoms. The molecule has 3 aromatic heterocycles. The highest BCUT2D eigenvalue weighted by Gasteiger charge is 2.36. The van der Waals surface area contributed by atoms with Gasteiger partial charge in [0.25, 0.3) is 0 Å². The zero-order valence-corrected chi connectivity index (χ0v) is 33.6. The molecule has 0 radical (unpaired) electrons. The third-order valence-electron chi connectivity index (χ3n) is 13.1. The van der Waals surface area contributed by atoms with Crippen LogP contribution in [0.5, 0.6) is 0 Å². The van der Waals surface area contributed by atoms with Crippen molar-refractivity contribution < 1.29 is 13.3 Å². The second-order valence-corrected chi connectivity index (χ2v) is 16.8. The van der Waals surface area contributed by atoms with E-state index in [0.29, 0.717) is 0 Å². The van der Waals surface area contributed by atoms with Crippen LogP contribution >= 0.6 is 0 Å². The maximum absolute atomic E-state index is 7.20. The van der Waals surface area contributed by atoms with Gasteiger partial charge in [0.05, 0.1) is 16.8 Å². The fourth-order valence-electron chi connectivity index (χ4n) is 10.2. The Hall–Kier alpha value is -7.82. The molecule has 9 aromatic carbocycles. The number of benzene rings is 9. The van der Waals surface area contributed by atoms with Gasteiger partial charge in [0, 0.05) is 43.6 Å². The van der Waals surface area contributed by atoms with E-state index in [2.05, 4.69) is 189 Å². The smallest absolute Gasteiger partial charge is 0.159 e. The second kappa shape index (κ2) is 12.6. The van der Waals surface area contributed by atoms with Crippen molar-refractivity contribution in [2.24, 2.45) is 0 Å². The zero-order valence-electron chi connectivity index (χ0n) is 33.6. The van der Waals surface area contributed by atoms with Crippen LogP contribution in [-0.2, 0) is 5.41 Å². The summed E-state index contributed by atoms with van der Waals surface area (Å²) in [6.45, 7) is 4.67. The molecule has 0 bridgehead atoms. The molecule has 1 aliphatic carbocycles. The highest BCUT2D eigenvalue weighted by Crippen LogP contribution is 2.53. The van der Waals surface area contributed by atoms with Crippen molar-refractivity contribution in [2.45, 2.75) is 19.3 Å². The number of nitrogens with zero attached hydrogens (tertiary/aromatic N) is 1. The summed E-state index contributed by atoms with van der Waals surface area (Å²) in [7, 11) is 0. The molecule has 0 aliphatic heterocycles. The lowest BCUT2D eigenvalue weighted by molar-refractivity contribution is 0.660. The van der Waals surface area contributed by atoms with Gasteiger partial charge in [-0.05, 0) is 93.5 Å². The van der Waals surface area contributed by atoms with Crippen molar-refractivity contribution in [1.29, 1.82) is 0 Å². The third kappa shape index (κ3) is 4.87. The molecule has 0 saturated carbocycles. The van der Waals surface area contributed by atoms with Crippen molar-refractivity contribution >= 4 is 82.9 Å². The van der Waals surface area contributed by atoms with E-state index >= 15 is 0 Å². The molecule has 13 rings (SSSR count). The number of rotatable bonds is 5. The summed E-state index contributed by atoms with van der Waals surface area (Å²) in [5, 5.41) is 6.24. The lowest BCUT2D eigenvalue weighted by atomic mass is 9.81. The molecule has 0 amide bonds. The second-order valence-electron chi connectivity index (χ2n) is 16.8. The van der Waals surface area contributed by atoms with Gasteiger partial charge in [0.2, 0.25) is 0 Å². The molecule has 12 aromatic rings. The van der Waals surface area contributed by atoms with E-state index in [0.717, 1.165) is 105 Å². The van der Waals surface area contributed by atoms with Crippen LogP contribution in [-0.4, -0.2) is 0 Å². The third-order valence-corrected chi connectivity index (χ3v) is 13.1. The van der Waals surface area contributed by atoms with Crippen LogP contribution in [0.25, 0.3) is 99.2 Å². The van der Waals surface area contributed by atoms with Crippen molar-refractivity contribution in [3.8, 4) is 33.4 Å². The number of anilines is 3. The molecule has 0 fully saturated rings. The average molecular weight is 784 g/mol. The maximum Gasteiger partial charge on any atom is 0.159 e. The van der Waals surface area contributed by atoms with Crippen LogP contribution in [0.3, 0.4) is 0 Å². The lowest BCUT2D eigenvalue weighted by Crippen LogP contribution is -2.14. The summed E-state index contributed by atoms with van der Waals surface area (Å²) in [4.78, 5) is 2.34. The Morgan fingerprint density at radius 3 is 1.92 bits per heavy atom. The number of para-hydroxylation sites is 3. The normalized spacial score (nSPS) is 13.2. The lowest BCUT2D eigenvalue weighted by Gasteiger charge is -2.26. The quantitative estimate of drug-likeness (QED) is 0.174. The molecule has 0 N–H and O–H groups in total. The van der Waals surface area contributed by atoms with Crippen LogP contribution in [0.1, 0.15) is 25.0 Å². The standard InChI is InChI=1S/C57H37NO3/c1-57(2)44-23-9-6-19-38(44)39-30-29-36(32-45(39)57)52-54-42-21-8-11-27-49(42)59-51(54)33-43-53-46(24-14-28-50(53)61-56(43)52)58(37-18-12-17-35(31-37)34-15-4-3-5-16-34)47-25-13-22-41-40-20-7-10-26-48(40)60-55(41)47/h3-33H,1-2H3. The molecule has 4 nitrogen and oxygen atoms in total. The Bertz CT molecular complexity index is 3750. The highest BCUT2D eigenvalue weighted by molar-refractivity contribution is 6.26. The fraction of sp³-hybridized carbons (Fsp3) is 0.0526. The first-order chi connectivity index (χ1) is 30.0. The molecule has 3 heterocycles. The van der Waals surface area contributed by atoms with E-state index in [1.165, 1.54) is 22.3 Å². The van der Waals surface area contributed by atoms with E-state index in [9.17, 15) is 0 Å². The zero-order chi connectivity index (χ0) is 40.4. The molecule has 0 spiro atoms. The summed E-state index contributed by atoms with van der Waals surface area (Å²) in [6, 6.07) is 66.7. The van der Waals surface area contributed by atoms with Crippen LogP contribution in [0.15, 0.2) is 201 Å². The van der Waals surface area contributed by atoms with E-state index < -0.39 is 0 Å². The summed E-state index contributed by atoms with van der Waals surface area (Å²) in [6.07, 6.45) is 0. The van der Waals surface area contributed by atoms with Crippen molar-refractivity contribution in [3.05, 3.63) is 199 Å². The van der Waals surface area contributed by atoms with Gasteiger partial charge in [-0.3, -0.25) is 0 Å². The molecule has 0 saturated heterocycles. The first kappa shape index (κ1) is 34.1. The van der Waals surface area contributed by atoms with Crippen LogP contribution in [0.2, 0.25) is 0 Å². The Balaban J connectivity index is 1.12. The number of hydrogen-bond acceptors (Lipinski definition) is 4. The van der Waals surface area contributed by atoms with Gasteiger partial charge in [0.15, 0.2) is 5.58 Å². The van der Waals surface area contributed by atoms with Gasteiger partial charge in [-0.15, -0.1) is 0 Å². The summed E-state index contributed by atoms with van der Waals surface area (Å²) in [5.41, 5.74) is 17.4. The fourth-order valence-corrected chi connectivity index (χ4v) is 10.2. The van der Waals surface area contributed by atoms with E-state index in [1.807, 2.05) is 18.2 Å². The minimum atomic E-state index is -0.166. The summed E-state index contributed by atoms with van der Waals surface area (Å²) in [5.74, 6) is 0. The van der Waals surface area contributed by atoms with Gasteiger partial charge in [-0.1, -0.05) is 147 Å². The predicted molar refractivity (Wildman–Crippen MR) is 251 cm³/mol. The topological polar surface area (TPSA) is 42.7 Å². The molecule has 288 valence electrons. The van der Waals surface area contributed by atoms with Gasteiger partial charge in [0.1, 0.15) is 27.9 Å². The van der Waals surface area contributed by atoms with Gasteiger partial charge >= 0.3 is 0 Å². The molecule has 1 aliphatic rings. The largest absolute Gasteiger partial charge is 0.456 e. The van der Waals surface area contributed by atoms with Crippen LogP contribution in [0, 0.1) is 0 Å². The van der Waals surface area contributed by atoms with Gasteiger partial charge in [-0.25, -0.2) is 0 Å². The summed E-state index contributed by atoms with van der Waals surface area (Å²) < 4.78 is 20.7. The SMILES string of the molecule is CC1(C)c2ccccc2-c2ccc(-c3c4oc5cccc(N(c6cccc(-c7ccccc7)c6)c6cccc7c6oc6ccccc67)c5c4cc4oc5ccccc5c34)cc21. The van der Waals surface area contributed by atoms with E-state index in [1.54, 1.807) is 0 Å². The monoisotopic (exact) mass is 783 g/mol. The first-order valence-corrected chi connectivity index (χ1v) is 20.9. The Morgan fingerprint density at radius 2 is 1.03 bits per heavy atom. The predicted octanol–water partition coefficient (Wildman–Crippen LogP) is 16.5. The highest BCUT2D eigenvalue weighted by atomic mass is 16.3. The first-order valence-electron chi connectivity index (χ1n) is 20.9. The van der Waals surface area contributed by atoms with Crippen LogP contribution in [0.4, 0.5) is 17.1 Å². The van der Waals surface area contributed by atoms with Gasteiger partial charge < -0.3 is 18.2 Å². The molecule has 61 heavy (non-hydrogen) atoms. The number of fused-ring (bicyclic) bond motifs is 12. The van der Waals surface area contributed by atoms with Crippen molar-refractivity contribution in [3.63, 3.8) is 0 Å². The van der Waals surface area contributed by atoms with Crippen molar-refractivity contribution in [1.82, 2.24) is 0 Å². The van der Waals surface area contributed by atoms with Crippen molar-refractivity contribution in [2.75, 3.05) is 4.90 Å². The molecular formula is C57H37NO3. The Morgan fingerprint density at radius 1 is 0.377 bits per heavy atom. The van der Waals surface area contributed by atoms with Crippen LogP contribution < -0.4 is 4.90 Å². The molecule has 0 unspecified atom stereocenters. The Kier molecular flexibility index (Phi) is 7.04. The molecule has 0 atom stereocenters. The Labute approximate surface area is 351 Å². The minimum absolute atomic E-state index is 0.166. The minimum Gasteiger partial charge on any atom is -0.456 e. The van der Waals surface area contributed by atoms with E-state index in [-0.39, 0.29) is 5.41 Å². The maximum atomic E-state index is 7.20. The number of furan rings is 3. The molecular weight excluding hydrogens is 747 g/mol.